The highest BCUT2D eigenvalue weighted by Crippen LogP contribution is 2.26. The van der Waals surface area contributed by atoms with E-state index in [1.807, 2.05) is 36.4 Å². The summed E-state index contributed by atoms with van der Waals surface area (Å²) in [6.07, 6.45) is 5.30. The van der Waals surface area contributed by atoms with E-state index in [9.17, 15) is 17.6 Å². The first kappa shape index (κ1) is 25.9. The number of amides is 1. The number of hydrogen-bond acceptors (Lipinski definition) is 4. The van der Waals surface area contributed by atoms with Crippen LogP contribution in [0.1, 0.15) is 17.5 Å². The van der Waals surface area contributed by atoms with E-state index >= 15 is 0 Å². The van der Waals surface area contributed by atoms with Gasteiger partial charge < -0.3 is 4.90 Å². The first-order valence-corrected chi connectivity index (χ1v) is 14.3. The number of hydrogen-bond donors (Lipinski definition) is 0. The Bertz CT molecular complexity index is 1590. The molecule has 1 aliphatic rings. The molecule has 1 aliphatic heterocycles. The molecule has 0 radical (unpaired) electrons. The van der Waals surface area contributed by atoms with Gasteiger partial charge in [0.2, 0.25) is 5.91 Å². The maximum atomic E-state index is 13.6. The fourth-order valence-corrected chi connectivity index (χ4v) is 6.49. The second-order valence-electron chi connectivity index (χ2n) is 9.21. The zero-order valence-electron chi connectivity index (χ0n) is 20.4. The third-order valence-corrected chi connectivity index (χ3v) is 8.45. The molecule has 9 heteroatoms. The van der Waals surface area contributed by atoms with Crippen molar-refractivity contribution in [3.05, 3.63) is 113 Å². The molecule has 38 heavy (non-hydrogen) atoms. The van der Waals surface area contributed by atoms with Crippen LogP contribution in [0.5, 0.6) is 0 Å². The largest absolute Gasteiger partial charge is 0.331 e. The van der Waals surface area contributed by atoms with Crippen molar-refractivity contribution in [1.82, 2.24) is 14.7 Å². The van der Waals surface area contributed by atoms with Gasteiger partial charge in [0.1, 0.15) is 5.82 Å². The predicted octanol–water partition coefficient (Wildman–Crippen LogP) is 5.56. The van der Waals surface area contributed by atoms with Crippen molar-refractivity contribution in [2.75, 3.05) is 11.5 Å². The third kappa shape index (κ3) is 6.03. The number of sulfone groups is 1. The maximum Gasteiger partial charge on any atom is 0.247 e. The van der Waals surface area contributed by atoms with Crippen molar-refractivity contribution < 1.29 is 17.6 Å². The topological polar surface area (TPSA) is 72.3 Å². The molecule has 194 valence electrons. The Kier molecular flexibility index (Phi) is 7.44. The van der Waals surface area contributed by atoms with Gasteiger partial charge in [-0.1, -0.05) is 41.9 Å². The molecule has 0 aliphatic carbocycles. The first-order chi connectivity index (χ1) is 18.3. The minimum atomic E-state index is -3.20. The molecule has 0 saturated carbocycles. The van der Waals surface area contributed by atoms with Crippen molar-refractivity contribution in [3.8, 4) is 16.9 Å². The fourth-order valence-electron chi connectivity index (χ4n) is 4.55. The Morgan fingerprint density at radius 1 is 1.08 bits per heavy atom. The number of halogens is 2. The lowest BCUT2D eigenvalue weighted by Crippen LogP contribution is -2.39. The molecule has 5 rings (SSSR count). The third-order valence-electron chi connectivity index (χ3n) is 6.46. The number of rotatable bonds is 7. The minimum Gasteiger partial charge on any atom is -0.331 e. The van der Waals surface area contributed by atoms with Gasteiger partial charge in [0, 0.05) is 41.0 Å². The smallest absolute Gasteiger partial charge is 0.247 e. The van der Waals surface area contributed by atoms with Crippen LogP contribution in [0.15, 0.2) is 91.1 Å². The van der Waals surface area contributed by atoms with E-state index in [4.69, 9.17) is 16.7 Å². The molecule has 0 bridgehead atoms. The molecule has 0 N–H and O–H groups in total. The molecule has 1 amide bonds. The van der Waals surface area contributed by atoms with Gasteiger partial charge in [0.05, 0.1) is 22.9 Å². The maximum absolute atomic E-state index is 13.6. The van der Waals surface area contributed by atoms with Crippen molar-refractivity contribution in [3.63, 3.8) is 0 Å². The number of benzene rings is 3. The summed E-state index contributed by atoms with van der Waals surface area (Å²) in [5.74, 6) is -0.685. The van der Waals surface area contributed by atoms with Gasteiger partial charge in [-0.15, -0.1) is 0 Å². The molecule has 1 saturated heterocycles. The Morgan fingerprint density at radius 3 is 2.53 bits per heavy atom. The van der Waals surface area contributed by atoms with Crippen molar-refractivity contribution in [1.29, 1.82) is 0 Å². The molecule has 1 aromatic heterocycles. The van der Waals surface area contributed by atoms with Gasteiger partial charge in [-0.25, -0.2) is 17.5 Å². The first-order valence-electron chi connectivity index (χ1n) is 12.1. The van der Waals surface area contributed by atoms with Gasteiger partial charge >= 0.3 is 0 Å². The number of carbonyl (C=O) groups is 1. The van der Waals surface area contributed by atoms with E-state index in [0.29, 0.717) is 28.3 Å². The van der Waals surface area contributed by atoms with Crippen LogP contribution in [0, 0.1) is 5.82 Å². The summed E-state index contributed by atoms with van der Waals surface area (Å²) in [5, 5.41) is 5.24. The summed E-state index contributed by atoms with van der Waals surface area (Å²) in [5.41, 5.74) is 3.59. The van der Waals surface area contributed by atoms with Crippen LogP contribution in [0.3, 0.4) is 0 Å². The molecule has 2 heterocycles. The fraction of sp³-hybridized carbons (Fsp3) is 0.172. The summed E-state index contributed by atoms with van der Waals surface area (Å²) in [4.78, 5) is 15.1. The van der Waals surface area contributed by atoms with E-state index in [-0.39, 0.29) is 29.8 Å². The average molecular weight is 550 g/mol. The normalized spacial score (nSPS) is 16.6. The lowest BCUT2D eigenvalue weighted by atomic mass is 10.1. The Labute approximate surface area is 225 Å². The van der Waals surface area contributed by atoms with Crippen LogP contribution < -0.4 is 0 Å². The average Bonchev–Trinajstić information content (AvgIpc) is 3.50. The molecule has 1 unspecified atom stereocenters. The molecule has 1 fully saturated rings. The van der Waals surface area contributed by atoms with Crippen LogP contribution in [0.25, 0.3) is 23.0 Å². The second kappa shape index (κ2) is 10.9. The van der Waals surface area contributed by atoms with Crippen LogP contribution in [-0.2, 0) is 21.2 Å². The standard InChI is InChI=1S/C29H25ClFN3O3S/c30-24-6-4-5-21(17-24)18-33(27-15-16-38(36,37)20-27)28(35)14-11-23-19-34(26-7-2-1-3-8-26)32-29(23)22-9-12-25(31)13-10-22/h1-14,17,19,27H,15-16,18,20H2. The lowest BCUT2D eigenvalue weighted by Gasteiger charge is -2.27. The van der Waals surface area contributed by atoms with Crippen molar-refractivity contribution in [2.45, 2.75) is 19.0 Å². The van der Waals surface area contributed by atoms with Crippen molar-refractivity contribution in [2.24, 2.45) is 0 Å². The Morgan fingerprint density at radius 2 is 1.84 bits per heavy atom. The van der Waals surface area contributed by atoms with Gasteiger partial charge in [0.15, 0.2) is 9.84 Å². The number of aromatic nitrogens is 2. The van der Waals surface area contributed by atoms with Gasteiger partial charge in [-0.05, 0) is 66.6 Å². The second-order valence-corrected chi connectivity index (χ2v) is 11.9. The van der Waals surface area contributed by atoms with Crippen molar-refractivity contribution >= 4 is 33.4 Å². The summed E-state index contributed by atoms with van der Waals surface area (Å²) in [7, 11) is -3.20. The zero-order chi connectivity index (χ0) is 26.7. The van der Waals surface area contributed by atoms with E-state index in [2.05, 4.69) is 0 Å². The van der Waals surface area contributed by atoms with Crippen LogP contribution in [0.2, 0.25) is 5.02 Å². The van der Waals surface area contributed by atoms with E-state index < -0.39 is 15.9 Å². The Balaban J connectivity index is 1.48. The summed E-state index contributed by atoms with van der Waals surface area (Å²) >= 11 is 6.15. The highest BCUT2D eigenvalue weighted by atomic mass is 35.5. The minimum absolute atomic E-state index is 0.0548. The quantitative estimate of drug-likeness (QED) is 0.283. The SMILES string of the molecule is O=C(C=Cc1cn(-c2ccccc2)nc1-c1ccc(F)cc1)N(Cc1cccc(Cl)c1)C1CCS(=O)(=O)C1. The van der Waals surface area contributed by atoms with E-state index in [0.717, 1.165) is 11.3 Å². The molecule has 0 spiro atoms. The summed E-state index contributed by atoms with van der Waals surface area (Å²) < 4.78 is 39.7. The van der Waals surface area contributed by atoms with E-state index in [1.165, 1.54) is 18.2 Å². The number of para-hydroxylation sites is 1. The summed E-state index contributed by atoms with van der Waals surface area (Å²) in [6.45, 7) is 0.234. The zero-order valence-corrected chi connectivity index (χ0v) is 21.9. The lowest BCUT2D eigenvalue weighted by molar-refractivity contribution is -0.128. The predicted molar refractivity (Wildman–Crippen MR) is 147 cm³/mol. The van der Waals surface area contributed by atoms with Crippen LogP contribution in [0.4, 0.5) is 4.39 Å². The molecular weight excluding hydrogens is 525 g/mol. The van der Waals surface area contributed by atoms with E-state index in [1.54, 1.807) is 52.2 Å². The number of nitrogens with zero attached hydrogens (tertiary/aromatic N) is 3. The highest BCUT2D eigenvalue weighted by Gasteiger charge is 2.34. The van der Waals surface area contributed by atoms with Gasteiger partial charge in [-0.3, -0.25) is 4.79 Å². The van der Waals surface area contributed by atoms with Crippen LogP contribution >= 0.6 is 11.6 Å². The molecular formula is C29H25ClFN3O3S. The molecule has 4 aromatic rings. The Hall–Kier alpha value is -3.75. The molecule has 6 nitrogen and oxygen atoms in total. The highest BCUT2D eigenvalue weighted by molar-refractivity contribution is 7.91. The summed E-state index contributed by atoms with van der Waals surface area (Å²) in [6, 6.07) is 22.3. The molecule has 3 aromatic carbocycles. The monoisotopic (exact) mass is 549 g/mol. The van der Waals surface area contributed by atoms with Gasteiger partial charge in [-0.2, -0.15) is 5.10 Å². The van der Waals surface area contributed by atoms with Crippen LogP contribution in [-0.4, -0.2) is 46.6 Å². The van der Waals surface area contributed by atoms with Gasteiger partial charge in [0.25, 0.3) is 0 Å². The number of carbonyl (C=O) groups excluding carboxylic acids is 1. The molecule has 1 atom stereocenters.